The van der Waals surface area contributed by atoms with E-state index in [9.17, 15) is 5.11 Å². The third kappa shape index (κ3) is 4.92. The zero-order valence-electron chi connectivity index (χ0n) is 12.7. The van der Waals surface area contributed by atoms with Crippen molar-refractivity contribution in [3.05, 3.63) is 11.4 Å². The van der Waals surface area contributed by atoms with Crippen LogP contribution in [-0.2, 0) is 0 Å². The summed E-state index contributed by atoms with van der Waals surface area (Å²) in [5.74, 6) is 2.35. The average molecular weight is 299 g/mol. The van der Waals surface area contributed by atoms with E-state index in [0.717, 1.165) is 35.2 Å². The van der Waals surface area contributed by atoms with Gasteiger partial charge in [0.1, 0.15) is 16.7 Å². The molecule has 6 heteroatoms. The van der Waals surface area contributed by atoms with Crippen LogP contribution in [0.1, 0.15) is 44.5 Å². The van der Waals surface area contributed by atoms with Crippen LogP contribution >= 0.6 is 11.8 Å². The number of rotatable bonds is 8. The molecule has 20 heavy (non-hydrogen) atoms. The quantitative estimate of drug-likeness (QED) is 0.504. The SMILES string of the molecule is CCCNc1nc(C(C)C)nc(SCC(O)CO)c1C. The van der Waals surface area contributed by atoms with Crippen LogP contribution in [0.25, 0.3) is 0 Å². The van der Waals surface area contributed by atoms with Gasteiger partial charge in [0.2, 0.25) is 0 Å². The zero-order valence-corrected chi connectivity index (χ0v) is 13.5. The van der Waals surface area contributed by atoms with Crippen molar-refractivity contribution in [2.45, 2.75) is 51.2 Å². The summed E-state index contributed by atoms with van der Waals surface area (Å²) in [6, 6.07) is 0. The monoisotopic (exact) mass is 299 g/mol. The summed E-state index contributed by atoms with van der Waals surface area (Å²) < 4.78 is 0. The first-order valence-electron chi connectivity index (χ1n) is 7.03. The second-order valence-electron chi connectivity index (χ2n) is 5.09. The minimum atomic E-state index is -0.719. The zero-order chi connectivity index (χ0) is 15.1. The average Bonchev–Trinajstić information content (AvgIpc) is 2.44. The number of nitrogens with zero attached hydrogens (tertiary/aromatic N) is 2. The van der Waals surface area contributed by atoms with Crippen molar-refractivity contribution >= 4 is 17.6 Å². The van der Waals surface area contributed by atoms with Crippen molar-refractivity contribution in [3.63, 3.8) is 0 Å². The van der Waals surface area contributed by atoms with Crippen LogP contribution < -0.4 is 5.32 Å². The normalized spacial score (nSPS) is 12.8. The molecule has 1 atom stereocenters. The standard InChI is InChI=1S/C14H25N3O2S/c1-5-6-15-13-10(4)14(20-8-11(19)7-18)17-12(16-13)9(2)3/h9,11,18-19H,5-8H2,1-4H3,(H,15,16,17). The van der Waals surface area contributed by atoms with Gasteiger partial charge in [-0.05, 0) is 13.3 Å². The van der Waals surface area contributed by atoms with Gasteiger partial charge in [0.15, 0.2) is 0 Å². The number of anilines is 1. The van der Waals surface area contributed by atoms with E-state index in [0.29, 0.717) is 5.75 Å². The highest BCUT2D eigenvalue weighted by Crippen LogP contribution is 2.27. The molecule has 1 aromatic rings. The molecular formula is C14H25N3O2S. The Morgan fingerprint density at radius 2 is 2.00 bits per heavy atom. The Hall–Kier alpha value is -0.850. The van der Waals surface area contributed by atoms with E-state index in [4.69, 9.17) is 5.11 Å². The van der Waals surface area contributed by atoms with Gasteiger partial charge < -0.3 is 15.5 Å². The fourth-order valence-corrected chi connectivity index (χ4v) is 2.48. The smallest absolute Gasteiger partial charge is 0.134 e. The van der Waals surface area contributed by atoms with Gasteiger partial charge in [-0.1, -0.05) is 20.8 Å². The van der Waals surface area contributed by atoms with Crippen LogP contribution in [0.3, 0.4) is 0 Å². The second-order valence-corrected chi connectivity index (χ2v) is 6.10. The lowest BCUT2D eigenvalue weighted by molar-refractivity contribution is 0.113. The van der Waals surface area contributed by atoms with Gasteiger partial charge >= 0.3 is 0 Å². The van der Waals surface area contributed by atoms with E-state index < -0.39 is 6.10 Å². The molecule has 0 saturated carbocycles. The van der Waals surface area contributed by atoms with Gasteiger partial charge in [-0.2, -0.15) is 0 Å². The predicted octanol–water partition coefficient (Wildman–Crippen LogP) is 2.18. The Bertz CT molecular complexity index is 427. The number of aliphatic hydroxyl groups excluding tert-OH is 2. The van der Waals surface area contributed by atoms with Crippen LogP contribution in [0.15, 0.2) is 5.03 Å². The molecule has 0 aromatic carbocycles. The summed E-state index contributed by atoms with van der Waals surface area (Å²) in [6.45, 7) is 8.86. The highest BCUT2D eigenvalue weighted by Gasteiger charge is 2.14. The number of nitrogens with one attached hydrogen (secondary N) is 1. The topological polar surface area (TPSA) is 78.3 Å². The molecule has 5 nitrogen and oxygen atoms in total. The first kappa shape index (κ1) is 17.2. The molecule has 0 bridgehead atoms. The highest BCUT2D eigenvalue weighted by atomic mass is 32.2. The van der Waals surface area contributed by atoms with Crippen molar-refractivity contribution in [2.24, 2.45) is 0 Å². The van der Waals surface area contributed by atoms with E-state index in [-0.39, 0.29) is 12.5 Å². The largest absolute Gasteiger partial charge is 0.394 e. The molecule has 0 aliphatic heterocycles. The van der Waals surface area contributed by atoms with Crippen molar-refractivity contribution in [1.82, 2.24) is 9.97 Å². The maximum atomic E-state index is 9.47. The summed E-state index contributed by atoms with van der Waals surface area (Å²) in [5.41, 5.74) is 0.998. The van der Waals surface area contributed by atoms with Crippen LogP contribution in [0.5, 0.6) is 0 Å². The molecule has 0 aliphatic carbocycles. The molecule has 1 heterocycles. The van der Waals surface area contributed by atoms with Gasteiger partial charge in [0, 0.05) is 23.8 Å². The molecule has 0 saturated heterocycles. The Balaban J connectivity index is 2.98. The molecule has 0 spiro atoms. The fraction of sp³-hybridized carbons (Fsp3) is 0.714. The Morgan fingerprint density at radius 3 is 2.55 bits per heavy atom. The summed E-state index contributed by atoms with van der Waals surface area (Å²) >= 11 is 1.46. The lowest BCUT2D eigenvalue weighted by Gasteiger charge is -2.15. The fourth-order valence-electron chi connectivity index (χ4n) is 1.55. The predicted molar refractivity (Wildman–Crippen MR) is 83.5 cm³/mol. The van der Waals surface area contributed by atoms with Crippen LogP contribution in [0.4, 0.5) is 5.82 Å². The highest BCUT2D eigenvalue weighted by molar-refractivity contribution is 7.99. The molecular weight excluding hydrogens is 274 g/mol. The van der Waals surface area contributed by atoms with E-state index >= 15 is 0 Å². The summed E-state index contributed by atoms with van der Waals surface area (Å²) in [6.07, 6.45) is 0.315. The Labute approximate surface area is 125 Å². The first-order chi connectivity index (χ1) is 9.49. The van der Waals surface area contributed by atoms with Crippen molar-refractivity contribution in [3.8, 4) is 0 Å². The first-order valence-corrected chi connectivity index (χ1v) is 8.02. The molecule has 1 rings (SSSR count). The maximum Gasteiger partial charge on any atom is 0.134 e. The lowest BCUT2D eigenvalue weighted by atomic mass is 10.2. The molecule has 1 aromatic heterocycles. The molecule has 0 radical (unpaired) electrons. The summed E-state index contributed by atoms with van der Waals surface area (Å²) in [4.78, 5) is 9.14. The van der Waals surface area contributed by atoms with Crippen molar-refractivity contribution in [2.75, 3.05) is 24.2 Å². The number of aromatic nitrogens is 2. The van der Waals surface area contributed by atoms with E-state index in [1.54, 1.807) is 0 Å². The third-order valence-electron chi connectivity index (χ3n) is 2.80. The second kappa shape index (κ2) is 8.44. The van der Waals surface area contributed by atoms with Crippen LogP contribution in [0.2, 0.25) is 0 Å². The number of aliphatic hydroxyl groups is 2. The van der Waals surface area contributed by atoms with Crippen molar-refractivity contribution < 1.29 is 10.2 Å². The molecule has 114 valence electrons. The number of hydrogen-bond acceptors (Lipinski definition) is 6. The number of hydrogen-bond donors (Lipinski definition) is 3. The summed E-state index contributed by atoms with van der Waals surface area (Å²) in [7, 11) is 0. The Kier molecular flexibility index (Phi) is 7.26. The number of thioether (sulfide) groups is 1. The van der Waals surface area contributed by atoms with E-state index in [1.807, 2.05) is 6.92 Å². The maximum absolute atomic E-state index is 9.47. The van der Waals surface area contributed by atoms with E-state index in [1.165, 1.54) is 11.8 Å². The van der Waals surface area contributed by atoms with Crippen LogP contribution in [0, 0.1) is 6.92 Å². The lowest BCUT2D eigenvalue weighted by Crippen LogP contribution is -2.15. The van der Waals surface area contributed by atoms with Gasteiger partial charge in [0.05, 0.1) is 12.7 Å². The third-order valence-corrected chi connectivity index (χ3v) is 4.02. The van der Waals surface area contributed by atoms with E-state index in [2.05, 4.69) is 36.1 Å². The minimum absolute atomic E-state index is 0.227. The molecule has 0 fully saturated rings. The summed E-state index contributed by atoms with van der Waals surface area (Å²) in [5, 5.41) is 22.6. The molecule has 0 aliphatic rings. The van der Waals surface area contributed by atoms with Crippen molar-refractivity contribution in [1.29, 1.82) is 0 Å². The van der Waals surface area contributed by atoms with Crippen LogP contribution in [-0.4, -0.2) is 45.2 Å². The van der Waals surface area contributed by atoms with Gasteiger partial charge in [-0.25, -0.2) is 9.97 Å². The van der Waals surface area contributed by atoms with Gasteiger partial charge in [0.25, 0.3) is 0 Å². The molecule has 3 N–H and O–H groups in total. The molecule has 0 amide bonds. The van der Waals surface area contributed by atoms with Gasteiger partial charge in [-0.15, -0.1) is 11.8 Å². The Morgan fingerprint density at radius 1 is 1.30 bits per heavy atom. The molecule has 1 unspecified atom stereocenters. The minimum Gasteiger partial charge on any atom is -0.394 e. The van der Waals surface area contributed by atoms with Gasteiger partial charge in [-0.3, -0.25) is 0 Å².